The molecule has 30 heavy (non-hydrogen) atoms. The molecule has 0 heterocycles. The molecule has 0 saturated heterocycles. The number of nitro benzene ring substituents is 1. The summed E-state index contributed by atoms with van der Waals surface area (Å²) in [6, 6.07) is 2.92. The highest BCUT2D eigenvalue weighted by atomic mass is 19.1. The van der Waals surface area contributed by atoms with Gasteiger partial charge in [0.15, 0.2) is 5.41 Å². The summed E-state index contributed by atoms with van der Waals surface area (Å²) in [5.74, 6) is -2.92. The van der Waals surface area contributed by atoms with Crippen LogP contribution in [0.25, 0.3) is 0 Å². The minimum atomic E-state index is -1.95. The molecule has 1 aromatic carbocycles. The van der Waals surface area contributed by atoms with E-state index in [1.54, 1.807) is 0 Å². The zero-order chi connectivity index (χ0) is 23.3. The Morgan fingerprint density at radius 2 is 1.37 bits per heavy atom. The van der Waals surface area contributed by atoms with Crippen molar-refractivity contribution in [2.24, 2.45) is 10.8 Å². The van der Waals surface area contributed by atoms with Crippen molar-refractivity contribution in [2.45, 2.75) is 66.7 Å². The van der Waals surface area contributed by atoms with E-state index in [-0.39, 0.29) is 29.6 Å². The Hall–Kier alpha value is -2.51. The molecule has 0 unspecified atom stereocenters. The van der Waals surface area contributed by atoms with Crippen molar-refractivity contribution in [1.82, 2.24) is 0 Å². The molecule has 0 N–H and O–H groups in total. The first kappa shape index (κ1) is 25.5. The molecule has 0 aliphatic heterocycles. The van der Waals surface area contributed by atoms with Crippen molar-refractivity contribution in [1.29, 1.82) is 0 Å². The van der Waals surface area contributed by atoms with Gasteiger partial charge in [-0.3, -0.25) is 19.7 Å². The Bertz CT molecular complexity index is 760. The maximum atomic E-state index is 14.2. The normalized spacial score (nSPS) is 12.4. The summed E-state index contributed by atoms with van der Waals surface area (Å²) < 4.78 is 24.9. The third-order valence-electron chi connectivity index (χ3n) is 4.71. The number of halogens is 1. The average Bonchev–Trinajstić information content (AvgIpc) is 2.58. The van der Waals surface area contributed by atoms with Gasteiger partial charge in [0.1, 0.15) is 0 Å². The highest BCUT2D eigenvalue weighted by Gasteiger charge is 2.47. The molecule has 0 amide bonds. The zero-order valence-electron chi connectivity index (χ0n) is 18.8. The minimum absolute atomic E-state index is 0.0629. The van der Waals surface area contributed by atoms with Gasteiger partial charge in [-0.15, -0.1) is 0 Å². The van der Waals surface area contributed by atoms with Gasteiger partial charge in [-0.25, -0.2) is 0 Å². The quantitative estimate of drug-likeness (QED) is 0.253. The number of rotatable bonds is 8. The monoisotopic (exact) mass is 425 g/mol. The number of nitrogens with zero attached hydrogens (tertiary/aromatic N) is 1. The van der Waals surface area contributed by atoms with Crippen molar-refractivity contribution in [3.8, 4) is 0 Å². The fraction of sp³-hybridized carbons (Fsp3) is 0.636. The van der Waals surface area contributed by atoms with E-state index in [2.05, 4.69) is 0 Å². The first-order valence-electron chi connectivity index (χ1n) is 9.87. The van der Waals surface area contributed by atoms with Gasteiger partial charge in [0, 0.05) is 6.07 Å². The number of hydrogen-bond acceptors (Lipinski definition) is 6. The van der Waals surface area contributed by atoms with Crippen LogP contribution in [0.2, 0.25) is 0 Å². The lowest BCUT2D eigenvalue weighted by atomic mass is 9.82. The van der Waals surface area contributed by atoms with Crippen LogP contribution in [0.3, 0.4) is 0 Å². The Labute approximate surface area is 177 Å². The van der Waals surface area contributed by atoms with E-state index >= 15 is 0 Å². The van der Waals surface area contributed by atoms with E-state index in [1.165, 1.54) is 13.0 Å². The Morgan fingerprint density at radius 1 is 0.933 bits per heavy atom. The van der Waals surface area contributed by atoms with Crippen LogP contribution in [0.15, 0.2) is 18.2 Å². The molecule has 0 radical (unpaired) electrons. The van der Waals surface area contributed by atoms with Crippen molar-refractivity contribution < 1.29 is 28.4 Å². The number of hydrogen-bond donors (Lipinski definition) is 0. The van der Waals surface area contributed by atoms with Crippen LogP contribution in [0.5, 0.6) is 0 Å². The summed E-state index contributed by atoms with van der Waals surface area (Å²) in [5.41, 5.74) is -2.95. The van der Waals surface area contributed by atoms with E-state index in [0.717, 1.165) is 12.1 Å². The first-order valence-corrected chi connectivity index (χ1v) is 9.87. The molecule has 0 saturated carbocycles. The second-order valence-electron chi connectivity index (χ2n) is 9.94. The summed E-state index contributed by atoms with van der Waals surface area (Å²) in [7, 11) is 0. The molecular formula is C22H32FNO6. The Morgan fingerprint density at radius 3 is 1.70 bits per heavy atom. The standard InChI is InChI=1S/C22H32FNO6/c1-20(2,3)10-12-29-18(25)22(7,19(26)30-13-11-21(4,5)6)15-8-9-17(24(27)28)16(23)14-15/h8-9,14H,10-13H2,1-7H3. The maximum Gasteiger partial charge on any atom is 0.327 e. The topological polar surface area (TPSA) is 95.7 Å². The van der Waals surface area contributed by atoms with Crippen molar-refractivity contribution >= 4 is 17.6 Å². The zero-order valence-corrected chi connectivity index (χ0v) is 18.8. The lowest BCUT2D eigenvalue weighted by Crippen LogP contribution is -2.44. The second-order valence-corrected chi connectivity index (χ2v) is 9.94. The number of nitro groups is 1. The third-order valence-corrected chi connectivity index (χ3v) is 4.71. The molecule has 7 nitrogen and oxygen atoms in total. The fourth-order valence-electron chi connectivity index (χ4n) is 2.47. The van der Waals surface area contributed by atoms with Crippen molar-refractivity contribution in [3.05, 3.63) is 39.7 Å². The van der Waals surface area contributed by atoms with Crippen LogP contribution in [-0.2, 0) is 24.5 Å². The molecule has 1 rings (SSSR count). The molecule has 0 fully saturated rings. The van der Waals surface area contributed by atoms with Gasteiger partial charge in [0.2, 0.25) is 5.82 Å². The highest BCUT2D eigenvalue weighted by molar-refractivity contribution is 6.06. The van der Waals surface area contributed by atoms with E-state index in [0.29, 0.717) is 12.8 Å². The van der Waals surface area contributed by atoms with Crippen LogP contribution in [-0.4, -0.2) is 30.1 Å². The van der Waals surface area contributed by atoms with Crippen LogP contribution in [0.1, 0.15) is 66.9 Å². The van der Waals surface area contributed by atoms with Crippen molar-refractivity contribution in [3.63, 3.8) is 0 Å². The number of benzene rings is 1. The van der Waals surface area contributed by atoms with Gasteiger partial charge in [0.25, 0.3) is 0 Å². The molecule has 0 spiro atoms. The molecule has 0 atom stereocenters. The van der Waals surface area contributed by atoms with Crippen LogP contribution >= 0.6 is 0 Å². The molecule has 8 heteroatoms. The van der Waals surface area contributed by atoms with Gasteiger partial charge in [0.05, 0.1) is 18.1 Å². The Kier molecular flexibility index (Phi) is 8.11. The minimum Gasteiger partial charge on any atom is -0.465 e. The largest absolute Gasteiger partial charge is 0.465 e. The van der Waals surface area contributed by atoms with Crippen LogP contribution in [0, 0.1) is 26.8 Å². The summed E-state index contributed by atoms with van der Waals surface area (Å²) >= 11 is 0. The predicted molar refractivity (Wildman–Crippen MR) is 110 cm³/mol. The summed E-state index contributed by atoms with van der Waals surface area (Å²) in [6.07, 6.45) is 1.12. The SMILES string of the molecule is CC(C)(C)CCOC(=O)C(C)(C(=O)OCCC(C)(C)C)c1ccc([N+](=O)[O-])c(F)c1. The van der Waals surface area contributed by atoms with E-state index in [4.69, 9.17) is 9.47 Å². The van der Waals surface area contributed by atoms with E-state index in [1.807, 2.05) is 41.5 Å². The number of ether oxygens (including phenoxy) is 2. The Balaban J connectivity index is 3.20. The summed E-state index contributed by atoms with van der Waals surface area (Å²) in [4.78, 5) is 35.8. The van der Waals surface area contributed by atoms with E-state index < -0.39 is 33.8 Å². The summed E-state index contributed by atoms with van der Waals surface area (Å²) in [5, 5.41) is 10.9. The molecule has 0 aliphatic rings. The predicted octanol–water partition coefficient (Wildman–Crippen LogP) is 4.95. The van der Waals surface area contributed by atoms with Crippen LogP contribution in [0.4, 0.5) is 10.1 Å². The fourth-order valence-corrected chi connectivity index (χ4v) is 2.47. The van der Waals surface area contributed by atoms with Gasteiger partial charge in [-0.1, -0.05) is 47.6 Å². The molecule has 0 bridgehead atoms. The number of esters is 2. The molecular weight excluding hydrogens is 393 g/mol. The second kappa shape index (κ2) is 9.53. The first-order chi connectivity index (χ1) is 13.6. The number of carbonyl (C=O) groups is 2. The molecule has 0 aliphatic carbocycles. The van der Waals surface area contributed by atoms with Gasteiger partial charge in [-0.2, -0.15) is 4.39 Å². The lowest BCUT2D eigenvalue weighted by molar-refractivity contribution is -0.387. The maximum absolute atomic E-state index is 14.2. The lowest BCUT2D eigenvalue weighted by Gasteiger charge is -2.27. The van der Waals surface area contributed by atoms with E-state index in [9.17, 15) is 24.1 Å². The smallest absolute Gasteiger partial charge is 0.327 e. The number of carbonyl (C=O) groups excluding carboxylic acids is 2. The molecule has 1 aromatic rings. The summed E-state index contributed by atoms with van der Waals surface area (Å²) in [6.45, 7) is 13.3. The van der Waals surface area contributed by atoms with Crippen LogP contribution < -0.4 is 0 Å². The highest BCUT2D eigenvalue weighted by Crippen LogP contribution is 2.32. The van der Waals surface area contributed by atoms with Gasteiger partial charge >= 0.3 is 17.6 Å². The van der Waals surface area contributed by atoms with Gasteiger partial charge < -0.3 is 9.47 Å². The van der Waals surface area contributed by atoms with Crippen molar-refractivity contribution in [2.75, 3.05) is 13.2 Å². The average molecular weight is 425 g/mol. The third kappa shape index (κ3) is 7.07. The molecule has 0 aromatic heterocycles. The van der Waals surface area contributed by atoms with Gasteiger partial charge in [-0.05, 0) is 42.2 Å². The molecule has 168 valence electrons.